The molecule has 0 spiro atoms. The zero-order valence-corrected chi connectivity index (χ0v) is 10.6. The number of aryl methyl sites for hydroxylation is 1. The molecule has 5 heteroatoms. The zero-order valence-electron chi connectivity index (χ0n) is 10.6. The quantitative estimate of drug-likeness (QED) is 0.673. The standard InChI is InChI=1S/C13H19NO4/c1-9-3-4-12(18-2)10(5-9)7-14-8-11(15)6-13(16)17/h3-5,11,14-15H,6-8H2,1-2H3,(H,16,17). The Morgan fingerprint density at radius 2 is 2.22 bits per heavy atom. The SMILES string of the molecule is COc1ccc(C)cc1CNCC(O)CC(=O)O. The third-order valence-electron chi connectivity index (χ3n) is 2.54. The number of benzene rings is 1. The number of carboxylic acids is 1. The molecular weight excluding hydrogens is 234 g/mol. The van der Waals surface area contributed by atoms with E-state index in [-0.39, 0.29) is 13.0 Å². The van der Waals surface area contributed by atoms with Crippen LogP contribution in [0.25, 0.3) is 0 Å². The molecule has 0 bridgehead atoms. The maximum Gasteiger partial charge on any atom is 0.306 e. The summed E-state index contributed by atoms with van der Waals surface area (Å²) in [5.74, 6) is -0.224. The Hall–Kier alpha value is -1.59. The van der Waals surface area contributed by atoms with E-state index >= 15 is 0 Å². The highest BCUT2D eigenvalue weighted by Gasteiger charge is 2.09. The molecule has 1 atom stereocenters. The molecule has 0 fully saturated rings. The lowest BCUT2D eigenvalue weighted by atomic mass is 10.1. The van der Waals surface area contributed by atoms with Gasteiger partial charge in [-0.2, -0.15) is 0 Å². The van der Waals surface area contributed by atoms with Gasteiger partial charge in [0.1, 0.15) is 5.75 Å². The third-order valence-corrected chi connectivity index (χ3v) is 2.54. The van der Waals surface area contributed by atoms with Gasteiger partial charge >= 0.3 is 5.97 Å². The maximum atomic E-state index is 10.4. The summed E-state index contributed by atoms with van der Waals surface area (Å²) < 4.78 is 5.23. The fraction of sp³-hybridized carbons (Fsp3) is 0.462. The van der Waals surface area contributed by atoms with Gasteiger partial charge in [0.05, 0.1) is 19.6 Å². The highest BCUT2D eigenvalue weighted by molar-refractivity contribution is 5.67. The molecule has 0 saturated heterocycles. The summed E-state index contributed by atoms with van der Waals surface area (Å²) >= 11 is 0. The molecule has 1 rings (SSSR count). The van der Waals surface area contributed by atoms with Gasteiger partial charge in [-0.1, -0.05) is 17.7 Å². The van der Waals surface area contributed by atoms with E-state index in [0.29, 0.717) is 6.54 Å². The second-order valence-electron chi connectivity index (χ2n) is 4.20. The molecule has 1 aromatic rings. The summed E-state index contributed by atoms with van der Waals surface area (Å²) in [4.78, 5) is 10.4. The van der Waals surface area contributed by atoms with E-state index in [1.165, 1.54) is 0 Å². The normalized spacial score (nSPS) is 12.2. The number of aliphatic hydroxyl groups is 1. The van der Waals surface area contributed by atoms with Crippen molar-refractivity contribution in [1.82, 2.24) is 5.32 Å². The van der Waals surface area contributed by atoms with Crippen LogP contribution < -0.4 is 10.1 Å². The first-order valence-electron chi connectivity index (χ1n) is 5.77. The van der Waals surface area contributed by atoms with Crippen molar-refractivity contribution in [3.05, 3.63) is 29.3 Å². The van der Waals surface area contributed by atoms with Crippen LogP contribution in [0.5, 0.6) is 5.75 Å². The highest BCUT2D eigenvalue weighted by Crippen LogP contribution is 2.19. The van der Waals surface area contributed by atoms with Gasteiger partial charge < -0.3 is 20.3 Å². The molecule has 1 aromatic carbocycles. The molecule has 3 N–H and O–H groups in total. The maximum absolute atomic E-state index is 10.4. The van der Waals surface area contributed by atoms with Crippen molar-refractivity contribution in [2.75, 3.05) is 13.7 Å². The van der Waals surface area contributed by atoms with E-state index in [1.54, 1.807) is 7.11 Å². The molecule has 0 amide bonds. The molecule has 18 heavy (non-hydrogen) atoms. The van der Waals surface area contributed by atoms with Crippen molar-refractivity contribution in [1.29, 1.82) is 0 Å². The number of hydrogen-bond acceptors (Lipinski definition) is 4. The lowest BCUT2D eigenvalue weighted by Gasteiger charge is -2.12. The first kappa shape index (κ1) is 14.5. The number of methoxy groups -OCH3 is 1. The van der Waals surface area contributed by atoms with E-state index in [2.05, 4.69) is 5.32 Å². The number of aliphatic carboxylic acids is 1. The van der Waals surface area contributed by atoms with Crippen LogP contribution >= 0.6 is 0 Å². The second kappa shape index (κ2) is 6.98. The van der Waals surface area contributed by atoms with Crippen molar-refractivity contribution < 1.29 is 19.7 Å². The first-order chi connectivity index (χ1) is 8.52. The molecule has 0 aliphatic rings. The molecule has 0 saturated carbocycles. The molecule has 100 valence electrons. The topological polar surface area (TPSA) is 78.8 Å². The summed E-state index contributed by atoms with van der Waals surface area (Å²) in [6.45, 7) is 2.76. The van der Waals surface area contributed by atoms with Crippen molar-refractivity contribution >= 4 is 5.97 Å². The average molecular weight is 253 g/mol. The van der Waals surface area contributed by atoms with E-state index in [4.69, 9.17) is 9.84 Å². The number of ether oxygens (including phenoxy) is 1. The van der Waals surface area contributed by atoms with Crippen LogP contribution in [0, 0.1) is 6.92 Å². The Morgan fingerprint density at radius 3 is 2.83 bits per heavy atom. The molecule has 0 aromatic heterocycles. The second-order valence-corrected chi connectivity index (χ2v) is 4.20. The molecule has 0 radical (unpaired) electrons. The van der Waals surface area contributed by atoms with Crippen molar-refractivity contribution in [3.8, 4) is 5.75 Å². The Balaban J connectivity index is 2.48. The van der Waals surface area contributed by atoms with E-state index in [0.717, 1.165) is 16.9 Å². The number of carbonyl (C=O) groups is 1. The summed E-state index contributed by atoms with van der Waals surface area (Å²) in [6.07, 6.45) is -1.13. The fourth-order valence-corrected chi connectivity index (χ4v) is 1.69. The summed E-state index contributed by atoms with van der Waals surface area (Å²) in [5.41, 5.74) is 2.11. The van der Waals surface area contributed by atoms with Crippen LogP contribution in [0.3, 0.4) is 0 Å². The van der Waals surface area contributed by atoms with Gasteiger partial charge in [0.2, 0.25) is 0 Å². The Labute approximate surface area is 106 Å². The minimum absolute atomic E-state index is 0.239. The Bertz CT molecular complexity index is 406. The van der Waals surface area contributed by atoms with Gasteiger partial charge in [-0.3, -0.25) is 4.79 Å². The van der Waals surface area contributed by atoms with Gasteiger partial charge in [-0.05, 0) is 13.0 Å². The smallest absolute Gasteiger partial charge is 0.306 e. The Kier molecular flexibility index (Phi) is 5.61. The molecule has 0 heterocycles. The number of aliphatic hydroxyl groups excluding tert-OH is 1. The number of rotatable bonds is 7. The van der Waals surface area contributed by atoms with Gasteiger partial charge in [-0.25, -0.2) is 0 Å². The third kappa shape index (κ3) is 4.73. The number of hydrogen-bond donors (Lipinski definition) is 3. The molecule has 1 unspecified atom stereocenters. The minimum atomic E-state index is -1.00. The monoisotopic (exact) mass is 253 g/mol. The minimum Gasteiger partial charge on any atom is -0.496 e. The van der Waals surface area contributed by atoms with Crippen molar-refractivity contribution in [2.24, 2.45) is 0 Å². The average Bonchev–Trinajstić information content (AvgIpc) is 2.28. The highest BCUT2D eigenvalue weighted by atomic mass is 16.5. The lowest BCUT2D eigenvalue weighted by Crippen LogP contribution is -2.28. The van der Waals surface area contributed by atoms with Crippen LogP contribution in [-0.4, -0.2) is 35.9 Å². The van der Waals surface area contributed by atoms with Crippen molar-refractivity contribution in [2.45, 2.75) is 26.0 Å². The van der Waals surface area contributed by atoms with Gasteiger partial charge in [0, 0.05) is 18.7 Å². The number of nitrogens with one attached hydrogen (secondary N) is 1. The summed E-state index contributed by atoms with van der Waals surface area (Å²) in [6, 6.07) is 5.84. The predicted octanol–water partition coefficient (Wildman–Crippen LogP) is 0.929. The fourth-order valence-electron chi connectivity index (χ4n) is 1.69. The Morgan fingerprint density at radius 1 is 1.50 bits per heavy atom. The van der Waals surface area contributed by atoms with Gasteiger partial charge in [0.15, 0.2) is 0 Å². The van der Waals surface area contributed by atoms with Crippen LogP contribution in [0.4, 0.5) is 0 Å². The molecular formula is C13H19NO4. The largest absolute Gasteiger partial charge is 0.496 e. The van der Waals surface area contributed by atoms with E-state index < -0.39 is 12.1 Å². The van der Waals surface area contributed by atoms with Gasteiger partial charge in [0.25, 0.3) is 0 Å². The predicted molar refractivity (Wildman–Crippen MR) is 67.7 cm³/mol. The molecule has 0 aliphatic carbocycles. The van der Waals surface area contributed by atoms with Crippen LogP contribution in [0.15, 0.2) is 18.2 Å². The van der Waals surface area contributed by atoms with Crippen molar-refractivity contribution in [3.63, 3.8) is 0 Å². The molecule has 0 aliphatic heterocycles. The van der Waals surface area contributed by atoms with Crippen LogP contribution in [0.1, 0.15) is 17.5 Å². The van der Waals surface area contributed by atoms with Gasteiger partial charge in [-0.15, -0.1) is 0 Å². The van der Waals surface area contributed by atoms with E-state index in [9.17, 15) is 9.90 Å². The zero-order chi connectivity index (χ0) is 13.5. The van der Waals surface area contributed by atoms with Crippen LogP contribution in [0.2, 0.25) is 0 Å². The first-order valence-corrected chi connectivity index (χ1v) is 5.77. The summed E-state index contributed by atoms with van der Waals surface area (Å²) in [7, 11) is 1.60. The van der Waals surface area contributed by atoms with E-state index in [1.807, 2.05) is 25.1 Å². The molecule has 5 nitrogen and oxygen atoms in total. The summed E-state index contributed by atoms with van der Waals surface area (Å²) in [5, 5.41) is 20.9. The van der Waals surface area contributed by atoms with Crippen LogP contribution in [-0.2, 0) is 11.3 Å². The number of carboxylic acid groups (broad SMARTS) is 1. The lowest BCUT2D eigenvalue weighted by molar-refractivity contribution is -0.139.